The highest BCUT2D eigenvalue weighted by Crippen LogP contribution is 2.28. The lowest BCUT2D eigenvalue weighted by Crippen LogP contribution is -2.29. The zero-order valence-electron chi connectivity index (χ0n) is 19.9. The van der Waals surface area contributed by atoms with Crippen LogP contribution in [0.5, 0.6) is 11.5 Å². The number of halogens is 1. The van der Waals surface area contributed by atoms with Crippen LogP contribution in [0.2, 0.25) is 0 Å². The number of nitrogens with two attached hydrogens (primary N) is 1. The standard InChI is InChI=1S/C19H22N2O.C10H7BrO2/c1-13(2)9-16(20)12-22-17-5-6-18-14(10-17)3-4-15-11-21-8-7-19(15)18;1-2-5-13-10-6-9(11)4-3-8(10)7-12/h3-8,10-11,13,16H,9,12,20H2,1-2H3;1,3-4,6-7H,5H2/t16-;/m1./s1. The lowest BCUT2D eigenvalue weighted by Gasteiger charge is -2.15. The van der Waals surface area contributed by atoms with Crippen molar-refractivity contribution in [3.63, 3.8) is 0 Å². The van der Waals surface area contributed by atoms with Crippen LogP contribution in [0.15, 0.2) is 71.5 Å². The smallest absolute Gasteiger partial charge is 0.153 e. The fraction of sp³-hybridized carbons (Fsp3) is 0.241. The van der Waals surface area contributed by atoms with Crippen LogP contribution in [0.25, 0.3) is 21.5 Å². The minimum Gasteiger partial charge on any atom is -0.492 e. The number of terminal acetylenes is 1. The fourth-order valence-electron chi connectivity index (χ4n) is 3.70. The van der Waals surface area contributed by atoms with Gasteiger partial charge in [-0.1, -0.05) is 53.9 Å². The molecule has 0 fully saturated rings. The van der Waals surface area contributed by atoms with E-state index in [1.165, 1.54) is 16.2 Å². The van der Waals surface area contributed by atoms with E-state index in [2.05, 4.69) is 71.0 Å². The third-order valence-electron chi connectivity index (χ3n) is 5.26. The minimum absolute atomic E-state index is 0.0818. The quantitative estimate of drug-likeness (QED) is 0.161. The van der Waals surface area contributed by atoms with Gasteiger partial charge < -0.3 is 15.2 Å². The molecule has 4 rings (SSSR count). The molecule has 1 aromatic heterocycles. The average molecular weight is 533 g/mol. The van der Waals surface area contributed by atoms with E-state index < -0.39 is 0 Å². The Balaban J connectivity index is 0.000000225. The maximum absolute atomic E-state index is 10.6. The van der Waals surface area contributed by atoms with Crippen molar-refractivity contribution in [2.45, 2.75) is 26.3 Å². The number of ether oxygens (including phenoxy) is 2. The number of hydrogen-bond donors (Lipinski definition) is 1. The molecule has 0 unspecified atom stereocenters. The molecule has 0 saturated heterocycles. The monoisotopic (exact) mass is 532 g/mol. The predicted octanol–water partition coefficient (Wildman–Crippen LogP) is 6.41. The molecule has 1 heterocycles. The number of benzene rings is 3. The number of pyridine rings is 1. The molecule has 35 heavy (non-hydrogen) atoms. The van der Waals surface area contributed by atoms with E-state index in [4.69, 9.17) is 21.6 Å². The summed E-state index contributed by atoms with van der Waals surface area (Å²) in [6.07, 6.45) is 10.5. The molecule has 3 aromatic carbocycles. The van der Waals surface area contributed by atoms with Crippen molar-refractivity contribution < 1.29 is 14.3 Å². The predicted molar refractivity (Wildman–Crippen MR) is 146 cm³/mol. The van der Waals surface area contributed by atoms with Crippen molar-refractivity contribution in [3.8, 4) is 23.8 Å². The van der Waals surface area contributed by atoms with Gasteiger partial charge in [0.25, 0.3) is 0 Å². The molecule has 0 aliphatic rings. The van der Waals surface area contributed by atoms with Crippen molar-refractivity contribution in [1.82, 2.24) is 4.98 Å². The summed E-state index contributed by atoms with van der Waals surface area (Å²) in [6, 6.07) is 17.7. The highest BCUT2D eigenvalue weighted by molar-refractivity contribution is 9.10. The lowest BCUT2D eigenvalue weighted by atomic mass is 10.0. The van der Waals surface area contributed by atoms with Crippen molar-refractivity contribution in [3.05, 3.63) is 77.0 Å². The summed E-state index contributed by atoms with van der Waals surface area (Å²) in [6.45, 7) is 5.07. The molecule has 4 aromatic rings. The topological polar surface area (TPSA) is 74.4 Å². The molecule has 0 radical (unpaired) electrons. The van der Waals surface area contributed by atoms with Crippen molar-refractivity contribution >= 4 is 43.8 Å². The summed E-state index contributed by atoms with van der Waals surface area (Å²) >= 11 is 3.27. The molecule has 2 N–H and O–H groups in total. The van der Waals surface area contributed by atoms with Gasteiger partial charge in [-0.05, 0) is 64.9 Å². The average Bonchev–Trinajstić information content (AvgIpc) is 2.86. The first kappa shape index (κ1) is 26.2. The van der Waals surface area contributed by atoms with E-state index in [1.54, 1.807) is 18.2 Å². The van der Waals surface area contributed by atoms with Gasteiger partial charge >= 0.3 is 0 Å². The first-order valence-electron chi connectivity index (χ1n) is 11.4. The highest BCUT2D eigenvalue weighted by Gasteiger charge is 2.08. The van der Waals surface area contributed by atoms with Gasteiger partial charge in [0.05, 0.1) is 5.56 Å². The molecule has 0 bridgehead atoms. The SMILES string of the molecule is C#CCOc1cc(Br)ccc1C=O.CC(C)C[C@@H](N)COc1ccc2c(ccc3cnccc32)c1. The van der Waals surface area contributed by atoms with Gasteiger partial charge in [0.1, 0.15) is 24.7 Å². The molecule has 0 spiro atoms. The Morgan fingerprint density at radius 2 is 1.83 bits per heavy atom. The Morgan fingerprint density at radius 3 is 2.57 bits per heavy atom. The van der Waals surface area contributed by atoms with E-state index in [9.17, 15) is 4.79 Å². The molecule has 180 valence electrons. The Labute approximate surface area is 214 Å². The summed E-state index contributed by atoms with van der Waals surface area (Å²) in [4.78, 5) is 14.7. The van der Waals surface area contributed by atoms with Crippen LogP contribution in [-0.4, -0.2) is 30.5 Å². The first-order valence-corrected chi connectivity index (χ1v) is 12.2. The zero-order chi connectivity index (χ0) is 25.2. The molecule has 5 nitrogen and oxygen atoms in total. The summed E-state index contributed by atoms with van der Waals surface area (Å²) in [5.74, 6) is 4.30. The number of fused-ring (bicyclic) bond motifs is 3. The number of rotatable bonds is 8. The normalized spacial score (nSPS) is 11.4. The van der Waals surface area contributed by atoms with Crippen LogP contribution in [-0.2, 0) is 0 Å². The molecule has 1 atom stereocenters. The second-order valence-electron chi connectivity index (χ2n) is 8.54. The molecule has 0 saturated carbocycles. The first-order chi connectivity index (χ1) is 16.9. The van der Waals surface area contributed by atoms with Crippen molar-refractivity contribution in [2.75, 3.05) is 13.2 Å². The Bertz CT molecular complexity index is 1330. The maximum Gasteiger partial charge on any atom is 0.153 e. The maximum atomic E-state index is 10.6. The third-order valence-corrected chi connectivity index (χ3v) is 5.75. The summed E-state index contributed by atoms with van der Waals surface area (Å²) in [5, 5.41) is 4.77. The van der Waals surface area contributed by atoms with E-state index in [0.29, 0.717) is 23.8 Å². The number of aromatic nitrogens is 1. The fourth-order valence-corrected chi connectivity index (χ4v) is 4.04. The third kappa shape index (κ3) is 7.54. The lowest BCUT2D eigenvalue weighted by molar-refractivity contribution is 0.112. The number of hydrogen-bond acceptors (Lipinski definition) is 5. The number of carbonyl (C=O) groups excluding carboxylic acids is 1. The van der Waals surface area contributed by atoms with Crippen molar-refractivity contribution in [1.29, 1.82) is 0 Å². The Morgan fingerprint density at radius 1 is 1.06 bits per heavy atom. The van der Waals surface area contributed by atoms with E-state index in [1.807, 2.05) is 18.5 Å². The second-order valence-corrected chi connectivity index (χ2v) is 9.45. The number of aldehydes is 1. The Kier molecular flexibility index (Phi) is 9.66. The Hall–Kier alpha value is -3.40. The van der Waals surface area contributed by atoms with Crippen LogP contribution < -0.4 is 15.2 Å². The van der Waals surface area contributed by atoms with Crippen LogP contribution in [0.3, 0.4) is 0 Å². The van der Waals surface area contributed by atoms with Gasteiger partial charge in [0.2, 0.25) is 0 Å². The minimum atomic E-state index is 0.0818. The van der Waals surface area contributed by atoms with Crippen LogP contribution >= 0.6 is 15.9 Å². The largest absolute Gasteiger partial charge is 0.492 e. The molecule has 0 amide bonds. The number of nitrogens with zero attached hydrogens (tertiary/aromatic N) is 1. The van der Waals surface area contributed by atoms with E-state index >= 15 is 0 Å². The zero-order valence-corrected chi connectivity index (χ0v) is 21.5. The molecule has 0 aliphatic heterocycles. The summed E-state index contributed by atoms with van der Waals surface area (Å²) in [7, 11) is 0. The van der Waals surface area contributed by atoms with Gasteiger partial charge in [0, 0.05) is 28.3 Å². The van der Waals surface area contributed by atoms with Gasteiger partial charge in [0.15, 0.2) is 6.29 Å². The van der Waals surface area contributed by atoms with Gasteiger partial charge in [-0.25, -0.2) is 0 Å². The van der Waals surface area contributed by atoms with E-state index in [0.717, 1.165) is 28.3 Å². The molecule has 6 heteroatoms. The van der Waals surface area contributed by atoms with Crippen LogP contribution in [0.1, 0.15) is 30.6 Å². The van der Waals surface area contributed by atoms with Gasteiger partial charge in [-0.2, -0.15) is 0 Å². The summed E-state index contributed by atoms with van der Waals surface area (Å²) < 4.78 is 11.9. The van der Waals surface area contributed by atoms with Crippen molar-refractivity contribution in [2.24, 2.45) is 11.7 Å². The van der Waals surface area contributed by atoms with Gasteiger partial charge in [-0.3, -0.25) is 9.78 Å². The number of carbonyl (C=O) groups is 1. The highest BCUT2D eigenvalue weighted by atomic mass is 79.9. The van der Waals surface area contributed by atoms with Crippen LogP contribution in [0, 0.1) is 18.3 Å². The summed E-state index contributed by atoms with van der Waals surface area (Å²) in [5.41, 5.74) is 6.58. The molecular formula is C29H29BrN2O3. The second kappa shape index (κ2) is 12.9. The van der Waals surface area contributed by atoms with E-state index in [-0.39, 0.29) is 12.6 Å². The van der Waals surface area contributed by atoms with Gasteiger partial charge in [-0.15, -0.1) is 6.42 Å². The molecule has 0 aliphatic carbocycles. The molecular weight excluding hydrogens is 504 g/mol. The van der Waals surface area contributed by atoms with Crippen LogP contribution in [0.4, 0.5) is 0 Å².